The standard InChI is InChI=1S/C14H12BrFO2/c1-18-13-7-4-10(8-12(13)16)14(17)9-2-5-11(15)6-3-9/h2-8,14,17H,1H3/t14-/m0/s1. The van der Waals surface area contributed by atoms with Gasteiger partial charge in [-0.05, 0) is 35.4 Å². The number of aliphatic hydroxyl groups is 1. The van der Waals surface area contributed by atoms with Crippen LogP contribution in [0.3, 0.4) is 0 Å². The van der Waals surface area contributed by atoms with Crippen LogP contribution in [0, 0.1) is 5.82 Å². The Morgan fingerprint density at radius 3 is 2.28 bits per heavy atom. The van der Waals surface area contributed by atoms with E-state index < -0.39 is 11.9 Å². The summed E-state index contributed by atoms with van der Waals surface area (Å²) in [5.74, 6) is -0.312. The number of hydrogen-bond acceptors (Lipinski definition) is 2. The second kappa shape index (κ2) is 5.50. The zero-order chi connectivity index (χ0) is 13.1. The second-order valence-corrected chi connectivity index (χ2v) is 4.76. The Hall–Kier alpha value is -1.39. The van der Waals surface area contributed by atoms with Crippen molar-refractivity contribution < 1.29 is 14.2 Å². The van der Waals surface area contributed by atoms with Gasteiger partial charge in [0.1, 0.15) is 6.10 Å². The minimum absolute atomic E-state index is 0.168. The van der Waals surface area contributed by atoms with E-state index in [1.807, 2.05) is 12.1 Å². The quantitative estimate of drug-likeness (QED) is 0.937. The van der Waals surface area contributed by atoms with Gasteiger partial charge in [-0.1, -0.05) is 34.1 Å². The number of methoxy groups -OCH3 is 1. The van der Waals surface area contributed by atoms with Crippen LogP contribution >= 0.6 is 15.9 Å². The van der Waals surface area contributed by atoms with Gasteiger partial charge in [-0.3, -0.25) is 0 Å². The lowest BCUT2D eigenvalue weighted by atomic mass is 10.0. The molecule has 0 aromatic heterocycles. The van der Waals surface area contributed by atoms with Crippen LogP contribution in [0.1, 0.15) is 17.2 Å². The number of aliphatic hydroxyl groups excluding tert-OH is 1. The van der Waals surface area contributed by atoms with Crippen LogP contribution in [0.15, 0.2) is 46.9 Å². The first-order valence-corrected chi connectivity index (χ1v) is 6.18. The Kier molecular flexibility index (Phi) is 3.99. The fraction of sp³-hybridized carbons (Fsp3) is 0.143. The molecule has 0 radical (unpaired) electrons. The van der Waals surface area contributed by atoms with Crippen molar-refractivity contribution >= 4 is 15.9 Å². The predicted octanol–water partition coefficient (Wildman–Crippen LogP) is 3.68. The second-order valence-electron chi connectivity index (χ2n) is 3.85. The van der Waals surface area contributed by atoms with E-state index in [1.165, 1.54) is 19.2 Å². The van der Waals surface area contributed by atoms with Gasteiger partial charge < -0.3 is 9.84 Å². The Bertz CT molecular complexity index is 540. The molecule has 0 bridgehead atoms. The van der Waals surface area contributed by atoms with Crippen LogP contribution in [-0.4, -0.2) is 12.2 Å². The third-order valence-electron chi connectivity index (χ3n) is 2.68. The molecule has 2 rings (SSSR count). The van der Waals surface area contributed by atoms with Gasteiger partial charge >= 0.3 is 0 Å². The summed E-state index contributed by atoms with van der Waals surface area (Å²) in [6, 6.07) is 11.7. The first-order valence-electron chi connectivity index (χ1n) is 5.39. The van der Waals surface area contributed by atoms with Gasteiger partial charge in [0, 0.05) is 4.47 Å². The van der Waals surface area contributed by atoms with Crippen molar-refractivity contribution in [2.24, 2.45) is 0 Å². The van der Waals surface area contributed by atoms with Crippen molar-refractivity contribution in [2.75, 3.05) is 7.11 Å². The molecule has 2 nitrogen and oxygen atoms in total. The molecule has 2 aromatic carbocycles. The molecule has 2 aromatic rings. The highest BCUT2D eigenvalue weighted by Gasteiger charge is 2.13. The summed E-state index contributed by atoms with van der Waals surface area (Å²) in [6.45, 7) is 0. The fourth-order valence-electron chi connectivity index (χ4n) is 1.69. The molecule has 0 aliphatic carbocycles. The van der Waals surface area contributed by atoms with Gasteiger partial charge in [-0.25, -0.2) is 4.39 Å². The highest BCUT2D eigenvalue weighted by Crippen LogP contribution is 2.27. The van der Waals surface area contributed by atoms with E-state index in [0.717, 1.165) is 4.47 Å². The average Bonchev–Trinajstić information content (AvgIpc) is 2.38. The highest BCUT2D eigenvalue weighted by atomic mass is 79.9. The summed E-state index contributed by atoms with van der Waals surface area (Å²) in [5.41, 5.74) is 1.21. The van der Waals surface area contributed by atoms with Crippen molar-refractivity contribution in [1.29, 1.82) is 0 Å². The number of rotatable bonds is 3. The molecule has 0 unspecified atom stereocenters. The summed E-state index contributed by atoms with van der Waals surface area (Å²) in [6.07, 6.45) is -0.849. The van der Waals surface area contributed by atoms with Crippen molar-refractivity contribution in [3.8, 4) is 5.75 Å². The zero-order valence-electron chi connectivity index (χ0n) is 9.73. The summed E-state index contributed by atoms with van der Waals surface area (Å²) in [5, 5.41) is 10.1. The molecule has 0 fully saturated rings. The molecule has 0 aliphatic rings. The molecule has 1 atom stereocenters. The van der Waals surface area contributed by atoms with Gasteiger partial charge in [0.15, 0.2) is 11.6 Å². The number of halogens is 2. The maximum atomic E-state index is 13.5. The zero-order valence-corrected chi connectivity index (χ0v) is 11.3. The van der Waals surface area contributed by atoms with E-state index in [9.17, 15) is 9.50 Å². The minimum atomic E-state index is -0.849. The van der Waals surface area contributed by atoms with Crippen molar-refractivity contribution in [2.45, 2.75) is 6.10 Å². The summed E-state index contributed by atoms with van der Waals surface area (Å²) < 4.78 is 19.3. The van der Waals surface area contributed by atoms with E-state index in [1.54, 1.807) is 18.2 Å². The van der Waals surface area contributed by atoms with E-state index in [2.05, 4.69) is 15.9 Å². The first-order chi connectivity index (χ1) is 8.61. The average molecular weight is 311 g/mol. The molecule has 0 saturated heterocycles. The van der Waals surface area contributed by atoms with E-state index in [4.69, 9.17) is 4.74 Å². The van der Waals surface area contributed by atoms with Crippen LogP contribution < -0.4 is 4.74 Å². The van der Waals surface area contributed by atoms with Gasteiger partial charge in [-0.15, -0.1) is 0 Å². The number of benzene rings is 2. The summed E-state index contributed by atoms with van der Waals surface area (Å²) >= 11 is 3.32. The van der Waals surface area contributed by atoms with Crippen molar-refractivity contribution in [3.63, 3.8) is 0 Å². The number of ether oxygens (including phenoxy) is 1. The molecule has 0 amide bonds. The molecular formula is C14H12BrFO2. The monoisotopic (exact) mass is 310 g/mol. The Balaban J connectivity index is 2.31. The molecule has 18 heavy (non-hydrogen) atoms. The van der Waals surface area contributed by atoms with Crippen LogP contribution in [0.2, 0.25) is 0 Å². The van der Waals surface area contributed by atoms with Gasteiger partial charge in [-0.2, -0.15) is 0 Å². The van der Waals surface area contributed by atoms with Crippen LogP contribution in [0.25, 0.3) is 0 Å². The largest absolute Gasteiger partial charge is 0.494 e. The lowest BCUT2D eigenvalue weighted by Crippen LogP contribution is -2.00. The molecule has 0 aliphatic heterocycles. The predicted molar refractivity (Wildman–Crippen MR) is 71.2 cm³/mol. The molecule has 0 heterocycles. The Labute approximate surface area is 113 Å². The normalized spacial score (nSPS) is 12.2. The molecule has 0 saturated carbocycles. The fourth-order valence-corrected chi connectivity index (χ4v) is 1.95. The van der Waals surface area contributed by atoms with E-state index in [0.29, 0.717) is 11.1 Å². The third-order valence-corrected chi connectivity index (χ3v) is 3.21. The number of hydrogen-bond donors (Lipinski definition) is 1. The highest BCUT2D eigenvalue weighted by molar-refractivity contribution is 9.10. The van der Waals surface area contributed by atoms with E-state index in [-0.39, 0.29) is 5.75 Å². The molecule has 0 spiro atoms. The SMILES string of the molecule is COc1ccc([C@@H](O)c2ccc(Br)cc2)cc1F. The first kappa shape index (κ1) is 13.1. The minimum Gasteiger partial charge on any atom is -0.494 e. The Morgan fingerprint density at radius 1 is 1.11 bits per heavy atom. The van der Waals surface area contributed by atoms with E-state index >= 15 is 0 Å². The van der Waals surface area contributed by atoms with Crippen LogP contribution in [0.5, 0.6) is 5.75 Å². The molecular weight excluding hydrogens is 299 g/mol. The van der Waals surface area contributed by atoms with Gasteiger partial charge in [0.2, 0.25) is 0 Å². The lowest BCUT2D eigenvalue weighted by molar-refractivity contribution is 0.219. The van der Waals surface area contributed by atoms with Crippen molar-refractivity contribution in [3.05, 3.63) is 63.9 Å². The maximum Gasteiger partial charge on any atom is 0.165 e. The summed E-state index contributed by atoms with van der Waals surface area (Å²) in [7, 11) is 1.41. The van der Waals surface area contributed by atoms with Gasteiger partial charge in [0.25, 0.3) is 0 Å². The summed E-state index contributed by atoms with van der Waals surface area (Å²) in [4.78, 5) is 0. The topological polar surface area (TPSA) is 29.5 Å². The third kappa shape index (κ3) is 2.71. The Morgan fingerprint density at radius 2 is 1.72 bits per heavy atom. The van der Waals surface area contributed by atoms with Crippen molar-refractivity contribution in [1.82, 2.24) is 0 Å². The molecule has 4 heteroatoms. The van der Waals surface area contributed by atoms with Crippen LogP contribution in [-0.2, 0) is 0 Å². The lowest BCUT2D eigenvalue weighted by Gasteiger charge is -2.12. The van der Waals surface area contributed by atoms with Gasteiger partial charge in [0.05, 0.1) is 7.11 Å². The smallest absolute Gasteiger partial charge is 0.165 e. The maximum absolute atomic E-state index is 13.5. The van der Waals surface area contributed by atoms with Crippen LogP contribution in [0.4, 0.5) is 4.39 Å². The molecule has 1 N–H and O–H groups in total. The molecule has 94 valence electrons.